The van der Waals surface area contributed by atoms with Gasteiger partial charge in [0.15, 0.2) is 6.61 Å². The first-order valence-corrected chi connectivity index (χ1v) is 10.6. The Hall–Kier alpha value is -3.37. The summed E-state index contributed by atoms with van der Waals surface area (Å²) in [5, 5.41) is 10.8. The first-order chi connectivity index (χ1) is 14.4. The Labute approximate surface area is 177 Å². The van der Waals surface area contributed by atoms with Crippen LogP contribution in [0.1, 0.15) is 11.5 Å². The number of anilines is 1. The molecule has 2 heterocycles. The summed E-state index contributed by atoms with van der Waals surface area (Å²) in [6.45, 7) is 1.94. The topological polar surface area (TPSA) is 123 Å². The predicted molar refractivity (Wildman–Crippen MR) is 110 cm³/mol. The lowest BCUT2D eigenvalue weighted by molar-refractivity contribution is 0.242. The van der Waals surface area contributed by atoms with Crippen LogP contribution in [0.2, 0.25) is 5.02 Å². The third-order valence-electron chi connectivity index (χ3n) is 4.11. The van der Waals surface area contributed by atoms with Crippen molar-refractivity contribution in [3.8, 4) is 17.1 Å². The maximum atomic E-state index is 12.6. The van der Waals surface area contributed by atoms with Crippen LogP contribution in [0.3, 0.4) is 0 Å². The van der Waals surface area contributed by atoms with Gasteiger partial charge in [-0.3, -0.25) is 9.82 Å². The Bertz CT molecular complexity index is 1270. The minimum Gasteiger partial charge on any atom is -0.483 e. The van der Waals surface area contributed by atoms with E-state index < -0.39 is 10.0 Å². The van der Waals surface area contributed by atoms with Gasteiger partial charge in [0.05, 0.1) is 16.8 Å². The van der Waals surface area contributed by atoms with E-state index in [2.05, 4.69) is 25.1 Å². The summed E-state index contributed by atoms with van der Waals surface area (Å²) in [4.78, 5) is 4.34. The van der Waals surface area contributed by atoms with Gasteiger partial charge in [-0.1, -0.05) is 28.9 Å². The van der Waals surface area contributed by atoms with Gasteiger partial charge in [0.2, 0.25) is 5.82 Å². The van der Waals surface area contributed by atoms with Crippen molar-refractivity contribution in [3.05, 3.63) is 71.3 Å². The summed E-state index contributed by atoms with van der Waals surface area (Å²) in [6, 6.07) is 11.5. The lowest BCUT2D eigenvalue weighted by Gasteiger charge is -2.07. The van der Waals surface area contributed by atoms with E-state index in [-0.39, 0.29) is 23.2 Å². The van der Waals surface area contributed by atoms with Crippen LogP contribution in [0, 0.1) is 6.92 Å². The molecule has 9 nitrogen and oxygen atoms in total. The fraction of sp³-hybridized carbons (Fsp3) is 0.105. The minimum atomic E-state index is -3.79. The van der Waals surface area contributed by atoms with Crippen molar-refractivity contribution in [2.45, 2.75) is 18.4 Å². The third-order valence-corrected chi connectivity index (χ3v) is 5.72. The highest BCUT2D eigenvalue weighted by Gasteiger charge is 2.17. The molecular formula is C19H16ClN5O4S. The maximum absolute atomic E-state index is 12.6. The molecule has 2 aromatic carbocycles. The zero-order valence-corrected chi connectivity index (χ0v) is 17.2. The third kappa shape index (κ3) is 4.44. The average Bonchev–Trinajstić information content (AvgIpc) is 3.39. The van der Waals surface area contributed by atoms with Crippen LogP contribution in [0.5, 0.6) is 5.75 Å². The standard InChI is InChI=1S/C19H16ClN5O4S/c1-12-7-14(20)5-6-17(12)28-11-18-23-19(24-29-18)13-3-2-4-16(8-13)30(26,27)25-15-9-21-22-10-15/h2-10,25H,11H2,1H3,(H,21,22). The number of ether oxygens (including phenoxy) is 1. The molecule has 0 aliphatic rings. The molecule has 0 spiro atoms. The first kappa shape index (κ1) is 19.9. The second kappa shape index (κ2) is 8.17. The van der Waals surface area contributed by atoms with Crippen LogP contribution in [0.15, 0.2) is 64.3 Å². The van der Waals surface area contributed by atoms with Crippen molar-refractivity contribution in [1.82, 2.24) is 20.3 Å². The molecule has 0 aliphatic carbocycles. The van der Waals surface area contributed by atoms with Gasteiger partial charge >= 0.3 is 0 Å². The Kier molecular flexibility index (Phi) is 5.42. The van der Waals surface area contributed by atoms with Crippen molar-refractivity contribution >= 4 is 27.3 Å². The Morgan fingerprint density at radius 3 is 2.87 bits per heavy atom. The van der Waals surface area contributed by atoms with E-state index in [1.165, 1.54) is 24.5 Å². The molecule has 154 valence electrons. The van der Waals surface area contributed by atoms with Crippen LogP contribution < -0.4 is 9.46 Å². The summed E-state index contributed by atoms with van der Waals surface area (Å²) in [6.07, 6.45) is 2.81. The van der Waals surface area contributed by atoms with Crippen LogP contribution >= 0.6 is 11.6 Å². The summed E-state index contributed by atoms with van der Waals surface area (Å²) in [5.41, 5.74) is 1.70. The number of halogens is 1. The van der Waals surface area contributed by atoms with Gasteiger partial charge in [-0.15, -0.1) is 0 Å². The maximum Gasteiger partial charge on any atom is 0.264 e. The SMILES string of the molecule is Cc1cc(Cl)ccc1OCc1nc(-c2cccc(S(=O)(=O)Nc3cn[nH]c3)c2)no1. The smallest absolute Gasteiger partial charge is 0.264 e. The van der Waals surface area contributed by atoms with Crippen LogP contribution in [0.25, 0.3) is 11.4 Å². The highest BCUT2D eigenvalue weighted by atomic mass is 35.5. The van der Waals surface area contributed by atoms with Gasteiger partial charge in [0.25, 0.3) is 15.9 Å². The molecule has 0 saturated heterocycles. The van der Waals surface area contributed by atoms with Crippen molar-refractivity contribution in [3.63, 3.8) is 0 Å². The Morgan fingerprint density at radius 2 is 2.10 bits per heavy atom. The number of sulfonamides is 1. The number of nitrogens with one attached hydrogen (secondary N) is 2. The summed E-state index contributed by atoms with van der Waals surface area (Å²) in [7, 11) is -3.79. The Morgan fingerprint density at radius 1 is 1.23 bits per heavy atom. The zero-order chi connectivity index (χ0) is 21.1. The van der Waals surface area contributed by atoms with Crippen molar-refractivity contribution in [1.29, 1.82) is 0 Å². The molecular weight excluding hydrogens is 430 g/mol. The number of hydrogen-bond acceptors (Lipinski definition) is 7. The quantitative estimate of drug-likeness (QED) is 0.443. The van der Waals surface area contributed by atoms with Gasteiger partial charge in [-0.25, -0.2) is 8.42 Å². The van der Waals surface area contributed by atoms with E-state index >= 15 is 0 Å². The van der Waals surface area contributed by atoms with Crippen LogP contribution in [0.4, 0.5) is 5.69 Å². The van der Waals surface area contributed by atoms with E-state index in [1.807, 2.05) is 6.92 Å². The largest absolute Gasteiger partial charge is 0.483 e. The van der Waals surface area contributed by atoms with E-state index in [0.717, 1.165) is 5.56 Å². The molecule has 0 radical (unpaired) electrons. The number of nitrogens with zero attached hydrogens (tertiary/aromatic N) is 3. The molecule has 4 rings (SSSR count). The molecule has 11 heteroatoms. The van der Waals surface area contributed by atoms with Crippen molar-refractivity contribution in [2.75, 3.05) is 4.72 Å². The van der Waals surface area contributed by atoms with E-state index in [4.69, 9.17) is 20.9 Å². The zero-order valence-electron chi connectivity index (χ0n) is 15.7. The molecule has 2 N–H and O–H groups in total. The predicted octanol–water partition coefficient (Wildman–Crippen LogP) is 3.80. The molecule has 0 unspecified atom stereocenters. The summed E-state index contributed by atoms with van der Waals surface area (Å²) >= 11 is 5.94. The molecule has 4 aromatic rings. The van der Waals surface area contributed by atoms with Gasteiger partial charge in [-0.05, 0) is 42.8 Å². The van der Waals surface area contributed by atoms with Gasteiger partial charge in [0.1, 0.15) is 5.75 Å². The Balaban J connectivity index is 1.50. The molecule has 0 saturated carbocycles. The normalized spacial score (nSPS) is 11.4. The lowest BCUT2D eigenvalue weighted by Crippen LogP contribution is -2.12. The molecule has 0 atom stereocenters. The molecule has 30 heavy (non-hydrogen) atoms. The van der Waals surface area contributed by atoms with E-state index in [1.54, 1.807) is 30.3 Å². The van der Waals surface area contributed by atoms with Crippen LogP contribution in [-0.2, 0) is 16.6 Å². The van der Waals surface area contributed by atoms with Crippen molar-refractivity contribution < 1.29 is 17.7 Å². The minimum absolute atomic E-state index is 0.0561. The fourth-order valence-electron chi connectivity index (χ4n) is 2.67. The number of aromatic amines is 1. The number of hydrogen-bond donors (Lipinski definition) is 2. The van der Waals surface area contributed by atoms with Crippen LogP contribution in [-0.4, -0.2) is 28.8 Å². The van der Waals surface area contributed by atoms with E-state index in [9.17, 15) is 8.42 Å². The van der Waals surface area contributed by atoms with Gasteiger partial charge < -0.3 is 9.26 Å². The monoisotopic (exact) mass is 445 g/mol. The highest BCUT2D eigenvalue weighted by molar-refractivity contribution is 7.92. The van der Waals surface area contributed by atoms with E-state index in [0.29, 0.717) is 22.0 Å². The number of benzene rings is 2. The highest BCUT2D eigenvalue weighted by Crippen LogP contribution is 2.24. The number of aromatic nitrogens is 4. The summed E-state index contributed by atoms with van der Waals surface area (Å²) < 4.78 is 38.5. The molecule has 0 bridgehead atoms. The molecule has 2 aromatic heterocycles. The fourth-order valence-corrected chi connectivity index (χ4v) is 3.97. The second-order valence-corrected chi connectivity index (χ2v) is 8.45. The second-order valence-electron chi connectivity index (χ2n) is 6.33. The average molecular weight is 446 g/mol. The molecule has 0 amide bonds. The van der Waals surface area contributed by atoms with Gasteiger partial charge in [0, 0.05) is 16.8 Å². The first-order valence-electron chi connectivity index (χ1n) is 8.74. The number of aryl methyl sites for hydroxylation is 1. The molecule has 0 aliphatic heterocycles. The molecule has 0 fully saturated rings. The van der Waals surface area contributed by atoms with Gasteiger partial charge in [-0.2, -0.15) is 10.1 Å². The lowest BCUT2D eigenvalue weighted by atomic mass is 10.2. The van der Waals surface area contributed by atoms with Crippen molar-refractivity contribution in [2.24, 2.45) is 0 Å². The summed E-state index contributed by atoms with van der Waals surface area (Å²) in [5.74, 6) is 1.16. The number of H-pyrrole nitrogens is 1. The number of rotatable bonds is 7.